The molecule has 2 heterocycles. The Balaban J connectivity index is 1.56. The van der Waals surface area contributed by atoms with Crippen molar-refractivity contribution in [1.29, 1.82) is 0 Å². The first-order chi connectivity index (χ1) is 19.9. The van der Waals surface area contributed by atoms with Crippen LogP contribution in [0.2, 0.25) is 0 Å². The highest BCUT2D eigenvalue weighted by Crippen LogP contribution is 2.32. The fourth-order valence-corrected chi connectivity index (χ4v) is 5.75. The maximum atomic E-state index is 13.9. The normalized spacial score (nSPS) is 14.7. The Morgan fingerprint density at radius 2 is 1.80 bits per heavy atom. The standard InChI is InChI=1S/C32H30N2O6S/c1-5-39-31(36)28-20(2)33-32-34(29(28)23-12-9-13-24(18-23)37-3)30(35)27(41-32)17-22-14-15-25(26(16-22)38-4)40-19-21-10-7-6-8-11-21/h6-18,29H,5,19H2,1-4H3/b27-17-. The van der Waals surface area contributed by atoms with E-state index in [1.165, 1.54) is 11.3 Å². The van der Waals surface area contributed by atoms with E-state index in [1.807, 2.05) is 72.8 Å². The van der Waals surface area contributed by atoms with Crippen molar-refractivity contribution in [2.24, 2.45) is 4.99 Å². The van der Waals surface area contributed by atoms with Gasteiger partial charge in [-0.15, -0.1) is 0 Å². The summed E-state index contributed by atoms with van der Waals surface area (Å²) in [6, 6.07) is 22.0. The van der Waals surface area contributed by atoms with Crippen LogP contribution in [-0.2, 0) is 16.1 Å². The number of ether oxygens (including phenoxy) is 4. The van der Waals surface area contributed by atoms with Crippen LogP contribution >= 0.6 is 11.3 Å². The zero-order valence-corrected chi connectivity index (χ0v) is 24.1. The third-order valence-electron chi connectivity index (χ3n) is 6.65. The van der Waals surface area contributed by atoms with Crippen LogP contribution in [0.4, 0.5) is 0 Å². The monoisotopic (exact) mass is 570 g/mol. The summed E-state index contributed by atoms with van der Waals surface area (Å²) in [5.74, 6) is 1.26. The molecule has 1 aromatic heterocycles. The van der Waals surface area contributed by atoms with Gasteiger partial charge in [-0.2, -0.15) is 0 Å². The van der Waals surface area contributed by atoms with E-state index in [2.05, 4.69) is 4.99 Å². The fraction of sp³-hybridized carbons (Fsp3) is 0.219. The van der Waals surface area contributed by atoms with E-state index >= 15 is 0 Å². The van der Waals surface area contributed by atoms with Gasteiger partial charge in [0.15, 0.2) is 16.3 Å². The number of rotatable bonds is 9. The lowest BCUT2D eigenvalue weighted by atomic mass is 9.95. The van der Waals surface area contributed by atoms with Gasteiger partial charge < -0.3 is 18.9 Å². The van der Waals surface area contributed by atoms with E-state index in [0.29, 0.717) is 44.5 Å². The molecule has 0 saturated heterocycles. The second kappa shape index (κ2) is 12.3. The molecule has 9 heteroatoms. The molecule has 8 nitrogen and oxygen atoms in total. The molecule has 5 rings (SSSR count). The van der Waals surface area contributed by atoms with Crippen LogP contribution in [0.1, 0.15) is 36.6 Å². The second-order valence-corrected chi connectivity index (χ2v) is 10.3. The number of allylic oxidation sites excluding steroid dienone is 1. The molecule has 0 spiro atoms. The predicted molar refractivity (Wildman–Crippen MR) is 157 cm³/mol. The molecule has 3 aromatic carbocycles. The number of fused-ring (bicyclic) bond motifs is 1. The summed E-state index contributed by atoms with van der Waals surface area (Å²) in [5, 5.41) is 0. The van der Waals surface area contributed by atoms with Gasteiger partial charge in [0.2, 0.25) is 0 Å². The molecule has 1 aliphatic rings. The summed E-state index contributed by atoms with van der Waals surface area (Å²) in [4.78, 5) is 32.1. The zero-order valence-electron chi connectivity index (χ0n) is 23.2. The highest BCUT2D eigenvalue weighted by molar-refractivity contribution is 7.07. The van der Waals surface area contributed by atoms with E-state index < -0.39 is 12.0 Å². The minimum atomic E-state index is -0.717. The SMILES string of the molecule is CCOC(=O)C1=C(C)N=c2s/c(=C\c3ccc(OCc4ccccc4)c(OC)c3)c(=O)n2C1c1cccc(OC)c1. The third kappa shape index (κ3) is 5.81. The molecule has 1 atom stereocenters. The molecule has 4 aromatic rings. The molecule has 0 bridgehead atoms. The number of carbonyl (C=O) groups is 1. The van der Waals surface area contributed by atoms with Crippen molar-refractivity contribution in [3.8, 4) is 17.2 Å². The number of esters is 1. The first-order valence-electron chi connectivity index (χ1n) is 13.1. The van der Waals surface area contributed by atoms with Crippen LogP contribution < -0.4 is 29.1 Å². The van der Waals surface area contributed by atoms with Crippen LogP contribution in [0, 0.1) is 0 Å². The van der Waals surface area contributed by atoms with Crippen molar-refractivity contribution in [3.63, 3.8) is 0 Å². The molecule has 0 amide bonds. The summed E-state index contributed by atoms with van der Waals surface area (Å²) in [6.07, 6.45) is 1.79. The Morgan fingerprint density at radius 3 is 2.54 bits per heavy atom. The molecular weight excluding hydrogens is 540 g/mol. The number of hydrogen-bond acceptors (Lipinski definition) is 8. The molecule has 0 saturated carbocycles. The van der Waals surface area contributed by atoms with Gasteiger partial charge in [0.1, 0.15) is 12.4 Å². The van der Waals surface area contributed by atoms with Crippen molar-refractivity contribution < 1.29 is 23.7 Å². The number of carbonyl (C=O) groups excluding carboxylic acids is 1. The average molecular weight is 571 g/mol. The van der Waals surface area contributed by atoms with E-state index in [9.17, 15) is 9.59 Å². The molecule has 0 radical (unpaired) electrons. The van der Waals surface area contributed by atoms with Crippen molar-refractivity contribution in [2.75, 3.05) is 20.8 Å². The molecule has 210 valence electrons. The second-order valence-electron chi connectivity index (χ2n) is 9.26. The molecule has 1 unspecified atom stereocenters. The third-order valence-corrected chi connectivity index (χ3v) is 7.63. The number of benzene rings is 3. The molecule has 0 aliphatic carbocycles. The van der Waals surface area contributed by atoms with Gasteiger partial charge in [-0.1, -0.05) is 59.9 Å². The summed E-state index contributed by atoms with van der Waals surface area (Å²) < 4.78 is 24.4. The predicted octanol–water partition coefficient (Wildman–Crippen LogP) is 4.39. The van der Waals surface area contributed by atoms with Gasteiger partial charge >= 0.3 is 5.97 Å². The molecule has 41 heavy (non-hydrogen) atoms. The van der Waals surface area contributed by atoms with Gasteiger partial charge in [-0.05, 0) is 60.9 Å². The van der Waals surface area contributed by atoms with Crippen molar-refractivity contribution in [1.82, 2.24) is 4.57 Å². The maximum Gasteiger partial charge on any atom is 0.338 e. The van der Waals surface area contributed by atoms with Crippen molar-refractivity contribution >= 4 is 23.4 Å². The maximum absolute atomic E-state index is 13.9. The largest absolute Gasteiger partial charge is 0.497 e. The van der Waals surface area contributed by atoms with Gasteiger partial charge in [-0.3, -0.25) is 9.36 Å². The van der Waals surface area contributed by atoms with Crippen LogP contribution in [0.3, 0.4) is 0 Å². The van der Waals surface area contributed by atoms with Crippen molar-refractivity contribution in [2.45, 2.75) is 26.5 Å². The molecule has 0 fully saturated rings. The van der Waals surface area contributed by atoms with E-state index in [1.54, 1.807) is 38.7 Å². The molecular formula is C32H30N2O6S. The Kier molecular flexibility index (Phi) is 8.35. The lowest BCUT2D eigenvalue weighted by molar-refractivity contribution is -0.139. The summed E-state index contributed by atoms with van der Waals surface area (Å²) in [6.45, 7) is 4.12. The number of thiazole rings is 1. The lowest BCUT2D eigenvalue weighted by Crippen LogP contribution is -2.39. The fourth-order valence-electron chi connectivity index (χ4n) is 4.70. The number of aromatic nitrogens is 1. The first kappa shape index (κ1) is 27.9. The summed E-state index contributed by atoms with van der Waals surface area (Å²) >= 11 is 1.26. The molecule has 1 aliphatic heterocycles. The minimum Gasteiger partial charge on any atom is -0.497 e. The highest BCUT2D eigenvalue weighted by Gasteiger charge is 2.33. The topological polar surface area (TPSA) is 88.4 Å². The van der Waals surface area contributed by atoms with Gasteiger partial charge in [0.25, 0.3) is 5.56 Å². The molecule has 0 N–H and O–H groups in total. The minimum absolute atomic E-state index is 0.206. The summed E-state index contributed by atoms with van der Waals surface area (Å²) in [7, 11) is 3.15. The van der Waals surface area contributed by atoms with Gasteiger partial charge in [0, 0.05) is 0 Å². The Bertz CT molecular complexity index is 1790. The Labute approximate surface area is 241 Å². The summed E-state index contributed by atoms with van der Waals surface area (Å²) in [5.41, 5.74) is 3.09. The first-order valence-corrected chi connectivity index (χ1v) is 13.9. The number of hydrogen-bond donors (Lipinski definition) is 0. The zero-order chi connectivity index (χ0) is 28.9. The number of nitrogens with zero attached hydrogens (tertiary/aromatic N) is 2. The smallest absolute Gasteiger partial charge is 0.338 e. The van der Waals surface area contributed by atoms with Crippen LogP contribution in [0.15, 0.2) is 93.9 Å². The van der Waals surface area contributed by atoms with Crippen LogP contribution in [0.5, 0.6) is 17.2 Å². The van der Waals surface area contributed by atoms with Gasteiger partial charge in [0.05, 0.1) is 42.7 Å². The Hall–Kier alpha value is -4.63. The quantitative estimate of drug-likeness (QED) is 0.277. The van der Waals surface area contributed by atoms with E-state index in [4.69, 9.17) is 18.9 Å². The number of methoxy groups -OCH3 is 2. The van der Waals surface area contributed by atoms with Crippen LogP contribution in [0.25, 0.3) is 6.08 Å². The van der Waals surface area contributed by atoms with Crippen molar-refractivity contribution in [3.05, 3.63) is 120 Å². The Morgan fingerprint density at radius 1 is 1.00 bits per heavy atom. The highest BCUT2D eigenvalue weighted by atomic mass is 32.1. The lowest BCUT2D eigenvalue weighted by Gasteiger charge is -2.25. The van der Waals surface area contributed by atoms with E-state index in [-0.39, 0.29) is 12.2 Å². The van der Waals surface area contributed by atoms with E-state index in [0.717, 1.165) is 16.7 Å². The average Bonchev–Trinajstić information content (AvgIpc) is 3.29. The van der Waals surface area contributed by atoms with Crippen LogP contribution in [-0.4, -0.2) is 31.4 Å². The van der Waals surface area contributed by atoms with Gasteiger partial charge in [-0.25, -0.2) is 9.79 Å².